The van der Waals surface area contributed by atoms with Crippen LogP contribution in [0.4, 0.5) is 0 Å². The van der Waals surface area contributed by atoms with Crippen LogP contribution in [0.15, 0.2) is 0 Å². The van der Waals surface area contributed by atoms with Gasteiger partial charge in [0, 0.05) is 19.5 Å². The first-order valence-electron chi connectivity index (χ1n) is 8.47. The van der Waals surface area contributed by atoms with E-state index in [0.717, 1.165) is 26.1 Å². The van der Waals surface area contributed by atoms with Crippen LogP contribution in [0.25, 0.3) is 0 Å². The van der Waals surface area contributed by atoms with E-state index < -0.39 is 0 Å². The molecule has 0 radical (unpaired) electrons. The SMILES string of the molecule is NCC1CCC(CC(=O)NCCN2CCCCC2)CC1. The number of piperidine rings is 1. The summed E-state index contributed by atoms with van der Waals surface area (Å²) in [6.45, 7) is 5.06. The average molecular weight is 281 g/mol. The van der Waals surface area contributed by atoms with Crippen molar-refractivity contribution >= 4 is 5.91 Å². The van der Waals surface area contributed by atoms with Gasteiger partial charge in [-0.2, -0.15) is 0 Å². The molecule has 1 saturated heterocycles. The van der Waals surface area contributed by atoms with E-state index in [0.29, 0.717) is 11.8 Å². The molecule has 1 heterocycles. The fourth-order valence-corrected chi connectivity index (χ4v) is 3.54. The van der Waals surface area contributed by atoms with Crippen molar-refractivity contribution in [1.29, 1.82) is 0 Å². The third-order valence-corrected chi connectivity index (χ3v) is 4.97. The lowest BCUT2D eigenvalue weighted by Crippen LogP contribution is -2.38. The van der Waals surface area contributed by atoms with Crippen molar-refractivity contribution in [2.45, 2.75) is 51.4 Å². The van der Waals surface area contributed by atoms with Gasteiger partial charge in [-0.3, -0.25) is 4.79 Å². The van der Waals surface area contributed by atoms with Crippen LogP contribution >= 0.6 is 0 Å². The number of likely N-dealkylation sites (tertiary alicyclic amines) is 1. The second kappa shape index (κ2) is 8.63. The van der Waals surface area contributed by atoms with Crippen molar-refractivity contribution in [2.75, 3.05) is 32.7 Å². The van der Waals surface area contributed by atoms with Crippen LogP contribution in [-0.4, -0.2) is 43.5 Å². The van der Waals surface area contributed by atoms with Gasteiger partial charge in [0.25, 0.3) is 0 Å². The highest BCUT2D eigenvalue weighted by Gasteiger charge is 2.22. The fraction of sp³-hybridized carbons (Fsp3) is 0.938. The summed E-state index contributed by atoms with van der Waals surface area (Å²) < 4.78 is 0. The molecule has 1 amide bonds. The normalized spacial score (nSPS) is 28.2. The summed E-state index contributed by atoms with van der Waals surface area (Å²) in [5.74, 6) is 1.54. The van der Waals surface area contributed by atoms with E-state index in [2.05, 4.69) is 10.2 Å². The lowest BCUT2D eigenvalue weighted by Gasteiger charge is -2.28. The van der Waals surface area contributed by atoms with Gasteiger partial charge in [-0.15, -0.1) is 0 Å². The molecule has 1 aliphatic heterocycles. The van der Waals surface area contributed by atoms with Crippen LogP contribution in [0.1, 0.15) is 51.4 Å². The maximum atomic E-state index is 11.9. The molecule has 1 saturated carbocycles. The maximum Gasteiger partial charge on any atom is 0.220 e. The van der Waals surface area contributed by atoms with Gasteiger partial charge in [0.2, 0.25) is 5.91 Å². The van der Waals surface area contributed by atoms with E-state index in [9.17, 15) is 4.79 Å². The lowest BCUT2D eigenvalue weighted by atomic mass is 9.80. The summed E-state index contributed by atoms with van der Waals surface area (Å²) >= 11 is 0. The van der Waals surface area contributed by atoms with Gasteiger partial charge < -0.3 is 16.0 Å². The minimum atomic E-state index is 0.248. The first kappa shape index (κ1) is 15.8. The van der Waals surface area contributed by atoms with E-state index in [1.807, 2.05) is 0 Å². The number of nitrogens with zero attached hydrogens (tertiary/aromatic N) is 1. The van der Waals surface area contributed by atoms with E-state index >= 15 is 0 Å². The molecule has 0 atom stereocenters. The van der Waals surface area contributed by atoms with E-state index in [-0.39, 0.29) is 5.91 Å². The van der Waals surface area contributed by atoms with Gasteiger partial charge in [-0.05, 0) is 70.0 Å². The zero-order valence-electron chi connectivity index (χ0n) is 12.8. The van der Waals surface area contributed by atoms with Gasteiger partial charge in [0.05, 0.1) is 0 Å². The Morgan fingerprint density at radius 2 is 1.70 bits per heavy atom. The fourth-order valence-electron chi connectivity index (χ4n) is 3.54. The number of nitrogens with two attached hydrogens (primary N) is 1. The molecular weight excluding hydrogens is 250 g/mol. The molecule has 0 aromatic carbocycles. The lowest BCUT2D eigenvalue weighted by molar-refractivity contribution is -0.122. The third-order valence-electron chi connectivity index (χ3n) is 4.97. The van der Waals surface area contributed by atoms with Gasteiger partial charge in [0.15, 0.2) is 0 Å². The van der Waals surface area contributed by atoms with Gasteiger partial charge >= 0.3 is 0 Å². The van der Waals surface area contributed by atoms with Crippen LogP contribution in [-0.2, 0) is 4.79 Å². The summed E-state index contributed by atoms with van der Waals surface area (Å²) in [7, 11) is 0. The maximum absolute atomic E-state index is 11.9. The van der Waals surface area contributed by atoms with Crippen LogP contribution in [0.2, 0.25) is 0 Å². The van der Waals surface area contributed by atoms with Crippen LogP contribution in [0.3, 0.4) is 0 Å². The second-order valence-electron chi connectivity index (χ2n) is 6.58. The molecule has 2 rings (SSSR count). The van der Waals surface area contributed by atoms with E-state index in [1.165, 1.54) is 58.0 Å². The molecule has 0 aromatic rings. The predicted octanol–water partition coefficient (Wildman–Crippen LogP) is 1.74. The number of carbonyl (C=O) groups is 1. The molecule has 0 bridgehead atoms. The van der Waals surface area contributed by atoms with Crippen molar-refractivity contribution in [3.63, 3.8) is 0 Å². The molecule has 4 heteroatoms. The third kappa shape index (κ3) is 5.41. The first-order valence-corrected chi connectivity index (χ1v) is 8.47. The summed E-state index contributed by atoms with van der Waals surface area (Å²) in [6, 6.07) is 0. The highest BCUT2D eigenvalue weighted by atomic mass is 16.1. The molecular formula is C16H31N3O. The number of carbonyl (C=O) groups excluding carboxylic acids is 1. The molecule has 2 fully saturated rings. The summed E-state index contributed by atoms with van der Waals surface area (Å²) in [5.41, 5.74) is 5.70. The molecule has 0 unspecified atom stereocenters. The van der Waals surface area contributed by atoms with Gasteiger partial charge in [-0.1, -0.05) is 6.42 Å². The molecule has 1 aliphatic carbocycles. The average Bonchev–Trinajstić information content (AvgIpc) is 2.49. The predicted molar refractivity (Wildman–Crippen MR) is 82.4 cm³/mol. The first-order chi connectivity index (χ1) is 9.78. The molecule has 116 valence electrons. The smallest absolute Gasteiger partial charge is 0.220 e. The monoisotopic (exact) mass is 281 g/mol. The zero-order chi connectivity index (χ0) is 14.2. The van der Waals surface area contributed by atoms with Crippen molar-refractivity contribution in [1.82, 2.24) is 10.2 Å². The van der Waals surface area contributed by atoms with Gasteiger partial charge in [-0.25, -0.2) is 0 Å². The minimum Gasteiger partial charge on any atom is -0.355 e. The standard InChI is InChI=1S/C16H31N3O/c17-13-15-6-4-14(5-7-15)12-16(20)18-8-11-19-9-2-1-3-10-19/h14-15H,1-13,17H2,(H,18,20). The van der Waals surface area contributed by atoms with Crippen molar-refractivity contribution < 1.29 is 4.79 Å². The highest BCUT2D eigenvalue weighted by molar-refractivity contribution is 5.76. The summed E-state index contributed by atoms with van der Waals surface area (Å²) in [4.78, 5) is 14.4. The Labute approximate surface area is 123 Å². The molecule has 0 spiro atoms. The van der Waals surface area contributed by atoms with Crippen LogP contribution < -0.4 is 11.1 Å². The summed E-state index contributed by atoms with van der Waals surface area (Å²) in [5, 5.41) is 3.10. The second-order valence-corrected chi connectivity index (χ2v) is 6.58. The Morgan fingerprint density at radius 3 is 2.35 bits per heavy atom. The Kier molecular flexibility index (Phi) is 6.80. The van der Waals surface area contributed by atoms with E-state index in [1.54, 1.807) is 0 Å². The van der Waals surface area contributed by atoms with Crippen LogP contribution in [0.5, 0.6) is 0 Å². The van der Waals surface area contributed by atoms with Crippen LogP contribution in [0, 0.1) is 11.8 Å². The number of hydrogen-bond donors (Lipinski definition) is 2. The Balaban J connectivity index is 1.54. The van der Waals surface area contributed by atoms with Crippen molar-refractivity contribution in [3.8, 4) is 0 Å². The zero-order valence-corrected chi connectivity index (χ0v) is 12.8. The Morgan fingerprint density at radius 1 is 1.05 bits per heavy atom. The largest absolute Gasteiger partial charge is 0.355 e. The van der Waals surface area contributed by atoms with Gasteiger partial charge in [0.1, 0.15) is 0 Å². The highest BCUT2D eigenvalue weighted by Crippen LogP contribution is 2.29. The van der Waals surface area contributed by atoms with E-state index in [4.69, 9.17) is 5.73 Å². The Bertz CT molecular complexity index is 281. The minimum absolute atomic E-state index is 0.248. The number of nitrogens with one attached hydrogen (secondary N) is 1. The number of rotatable bonds is 6. The molecule has 3 N–H and O–H groups in total. The number of amides is 1. The Hall–Kier alpha value is -0.610. The summed E-state index contributed by atoms with van der Waals surface area (Å²) in [6.07, 6.45) is 9.51. The topological polar surface area (TPSA) is 58.4 Å². The number of hydrogen-bond acceptors (Lipinski definition) is 3. The molecule has 4 nitrogen and oxygen atoms in total. The quantitative estimate of drug-likeness (QED) is 0.780. The molecule has 2 aliphatic rings. The molecule has 0 aromatic heterocycles. The molecule has 20 heavy (non-hydrogen) atoms. The van der Waals surface area contributed by atoms with Crippen molar-refractivity contribution in [3.05, 3.63) is 0 Å². The van der Waals surface area contributed by atoms with Crippen molar-refractivity contribution in [2.24, 2.45) is 17.6 Å².